The molecule has 0 aromatic heterocycles. The SMILES string of the molecule is CC(C)CNC(C)(CO)CCc1ccccc1. The van der Waals surface area contributed by atoms with Crippen LogP contribution in [0.5, 0.6) is 0 Å². The summed E-state index contributed by atoms with van der Waals surface area (Å²) in [7, 11) is 0. The first-order valence-electron chi connectivity index (χ1n) is 6.45. The molecule has 2 heteroatoms. The van der Waals surface area contributed by atoms with Gasteiger partial charge in [-0.25, -0.2) is 0 Å². The number of nitrogens with one attached hydrogen (secondary N) is 1. The van der Waals surface area contributed by atoms with Gasteiger partial charge in [-0.1, -0.05) is 44.2 Å². The quantitative estimate of drug-likeness (QED) is 0.761. The van der Waals surface area contributed by atoms with E-state index in [-0.39, 0.29) is 12.1 Å². The zero-order chi connectivity index (χ0) is 12.7. The Morgan fingerprint density at radius 1 is 1.24 bits per heavy atom. The predicted molar refractivity (Wildman–Crippen MR) is 73.1 cm³/mol. The minimum atomic E-state index is -0.167. The van der Waals surface area contributed by atoms with Crippen molar-refractivity contribution >= 4 is 0 Å². The summed E-state index contributed by atoms with van der Waals surface area (Å²) in [6.45, 7) is 7.60. The van der Waals surface area contributed by atoms with E-state index < -0.39 is 0 Å². The molecule has 0 bridgehead atoms. The molecule has 0 aliphatic carbocycles. The molecule has 0 saturated carbocycles. The molecule has 0 spiro atoms. The van der Waals surface area contributed by atoms with E-state index in [2.05, 4.69) is 50.4 Å². The second-order valence-corrected chi connectivity index (χ2v) is 5.48. The molecule has 1 aromatic carbocycles. The Kier molecular flexibility index (Phi) is 5.66. The minimum absolute atomic E-state index is 0.167. The van der Waals surface area contributed by atoms with Gasteiger partial charge < -0.3 is 10.4 Å². The van der Waals surface area contributed by atoms with E-state index in [0.29, 0.717) is 5.92 Å². The molecule has 2 N–H and O–H groups in total. The van der Waals surface area contributed by atoms with Crippen LogP contribution in [0.15, 0.2) is 30.3 Å². The van der Waals surface area contributed by atoms with Gasteiger partial charge >= 0.3 is 0 Å². The zero-order valence-electron chi connectivity index (χ0n) is 11.2. The maximum Gasteiger partial charge on any atom is 0.0610 e. The van der Waals surface area contributed by atoms with Crippen LogP contribution < -0.4 is 5.32 Å². The molecule has 2 nitrogen and oxygen atoms in total. The lowest BCUT2D eigenvalue weighted by Gasteiger charge is -2.30. The van der Waals surface area contributed by atoms with E-state index in [0.717, 1.165) is 19.4 Å². The van der Waals surface area contributed by atoms with Crippen molar-refractivity contribution in [2.75, 3.05) is 13.2 Å². The lowest BCUT2D eigenvalue weighted by molar-refractivity contribution is 0.162. The van der Waals surface area contributed by atoms with Crippen LogP contribution in [0.1, 0.15) is 32.8 Å². The molecule has 0 aliphatic heterocycles. The van der Waals surface area contributed by atoms with Gasteiger partial charge in [0.25, 0.3) is 0 Å². The van der Waals surface area contributed by atoms with E-state index in [9.17, 15) is 5.11 Å². The maximum atomic E-state index is 9.51. The highest BCUT2D eigenvalue weighted by atomic mass is 16.3. The topological polar surface area (TPSA) is 32.3 Å². The number of hydrogen-bond acceptors (Lipinski definition) is 2. The molecule has 1 aromatic rings. The monoisotopic (exact) mass is 235 g/mol. The number of benzene rings is 1. The molecule has 0 saturated heterocycles. The van der Waals surface area contributed by atoms with Crippen LogP contribution in [0, 0.1) is 5.92 Å². The average Bonchev–Trinajstić information content (AvgIpc) is 2.35. The van der Waals surface area contributed by atoms with Gasteiger partial charge in [0.2, 0.25) is 0 Å². The Balaban J connectivity index is 2.45. The van der Waals surface area contributed by atoms with Crippen molar-refractivity contribution in [1.29, 1.82) is 0 Å². The number of hydrogen-bond donors (Lipinski definition) is 2. The van der Waals surface area contributed by atoms with Crippen molar-refractivity contribution in [2.24, 2.45) is 5.92 Å². The molecule has 1 atom stereocenters. The Bertz CT molecular complexity index is 310. The second kappa shape index (κ2) is 6.77. The van der Waals surface area contributed by atoms with Gasteiger partial charge in [-0.3, -0.25) is 0 Å². The summed E-state index contributed by atoms with van der Waals surface area (Å²) in [4.78, 5) is 0. The first kappa shape index (κ1) is 14.2. The van der Waals surface area contributed by atoms with Crippen molar-refractivity contribution in [3.05, 3.63) is 35.9 Å². The van der Waals surface area contributed by atoms with E-state index in [1.165, 1.54) is 5.56 Å². The summed E-state index contributed by atoms with van der Waals surface area (Å²) in [5.41, 5.74) is 1.17. The van der Waals surface area contributed by atoms with E-state index in [4.69, 9.17) is 0 Å². The summed E-state index contributed by atoms with van der Waals surface area (Å²) < 4.78 is 0. The zero-order valence-corrected chi connectivity index (χ0v) is 11.2. The van der Waals surface area contributed by atoms with Gasteiger partial charge in [0.15, 0.2) is 0 Å². The molecular weight excluding hydrogens is 210 g/mol. The van der Waals surface area contributed by atoms with Crippen LogP contribution >= 0.6 is 0 Å². The summed E-state index contributed by atoms with van der Waals surface area (Å²) in [6, 6.07) is 10.4. The molecular formula is C15H25NO. The lowest BCUT2D eigenvalue weighted by Crippen LogP contribution is -2.47. The van der Waals surface area contributed by atoms with Gasteiger partial charge in [0, 0.05) is 5.54 Å². The van der Waals surface area contributed by atoms with Crippen molar-refractivity contribution in [3.8, 4) is 0 Å². The van der Waals surface area contributed by atoms with E-state index >= 15 is 0 Å². The van der Waals surface area contributed by atoms with Crippen molar-refractivity contribution in [2.45, 2.75) is 39.2 Å². The van der Waals surface area contributed by atoms with Crippen LogP contribution in [0.25, 0.3) is 0 Å². The second-order valence-electron chi connectivity index (χ2n) is 5.48. The van der Waals surface area contributed by atoms with Gasteiger partial charge in [-0.15, -0.1) is 0 Å². The third-order valence-corrected chi connectivity index (χ3v) is 3.09. The maximum absolute atomic E-state index is 9.51. The lowest BCUT2D eigenvalue weighted by atomic mass is 9.93. The fourth-order valence-electron chi connectivity index (χ4n) is 1.74. The van der Waals surface area contributed by atoms with Crippen LogP contribution in [0.3, 0.4) is 0 Å². The number of aliphatic hydroxyl groups is 1. The highest BCUT2D eigenvalue weighted by Gasteiger charge is 2.22. The third-order valence-electron chi connectivity index (χ3n) is 3.09. The van der Waals surface area contributed by atoms with Gasteiger partial charge in [0.05, 0.1) is 6.61 Å². The fourth-order valence-corrected chi connectivity index (χ4v) is 1.74. The van der Waals surface area contributed by atoms with Crippen LogP contribution in [-0.2, 0) is 6.42 Å². The molecule has 1 unspecified atom stereocenters. The molecule has 0 radical (unpaired) electrons. The normalized spacial score (nSPS) is 14.9. The van der Waals surface area contributed by atoms with Gasteiger partial charge in [-0.2, -0.15) is 0 Å². The summed E-state index contributed by atoms with van der Waals surface area (Å²) in [5.74, 6) is 0.609. The predicted octanol–water partition coefficient (Wildman–Crippen LogP) is 2.62. The molecule has 0 amide bonds. The number of aliphatic hydroxyl groups excluding tert-OH is 1. The Morgan fingerprint density at radius 2 is 1.88 bits per heavy atom. The summed E-state index contributed by atoms with van der Waals surface area (Å²) >= 11 is 0. The van der Waals surface area contributed by atoms with Gasteiger partial charge in [-0.05, 0) is 37.8 Å². The van der Waals surface area contributed by atoms with Crippen molar-refractivity contribution in [3.63, 3.8) is 0 Å². The minimum Gasteiger partial charge on any atom is -0.394 e. The van der Waals surface area contributed by atoms with Crippen molar-refractivity contribution < 1.29 is 5.11 Å². The highest BCUT2D eigenvalue weighted by molar-refractivity contribution is 5.15. The van der Waals surface area contributed by atoms with Gasteiger partial charge in [0.1, 0.15) is 0 Å². The first-order chi connectivity index (χ1) is 8.06. The molecule has 0 fully saturated rings. The standard InChI is InChI=1S/C15H25NO/c1-13(2)11-16-15(3,12-17)10-9-14-7-5-4-6-8-14/h4-8,13,16-17H,9-12H2,1-3H3. The Labute approximate surface area is 105 Å². The number of aryl methyl sites for hydroxylation is 1. The average molecular weight is 235 g/mol. The molecule has 0 aliphatic rings. The van der Waals surface area contributed by atoms with Crippen LogP contribution in [0.4, 0.5) is 0 Å². The van der Waals surface area contributed by atoms with E-state index in [1.807, 2.05) is 6.07 Å². The van der Waals surface area contributed by atoms with Crippen LogP contribution in [0.2, 0.25) is 0 Å². The Hall–Kier alpha value is -0.860. The Morgan fingerprint density at radius 3 is 2.41 bits per heavy atom. The molecule has 1 rings (SSSR count). The fraction of sp³-hybridized carbons (Fsp3) is 0.600. The summed E-state index contributed by atoms with van der Waals surface area (Å²) in [5, 5.41) is 13.0. The first-order valence-corrected chi connectivity index (χ1v) is 6.45. The summed E-state index contributed by atoms with van der Waals surface area (Å²) in [6.07, 6.45) is 1.96. The largest absolute Gasteiger partial charge is 0.394 e. The molecule has 17 heavy (non-hydrogen) atoms. The molecule has 96 valence electrons. The van der Waals surface area contributed by atoms with Crippen LogP contribution in [-0.4, -0.2) is 23.8 Å². The van der Waals surface area contributed by atoms with Crippen molar-refractivity contribution in [1.82, 2.24) is 5.32 Å². The molecule has 0 heterocycles. The highest BCUT2D eigenvalue weighted by Crippen LogP contribution is 2.14. The third kappa shape index (κ3) is 5.33. The van der Waals surface area contributed by atoms with E-state index in [1.54, 1.807) is 0 Å². The number of rotatable bonds is 7. The smallest absolute Gasteiger partial charge is 0.0610 e.